The minimum atomic E-state index is -0.0538. The molecule has 0 radical (unpaired) electrons. The van der Waals surface area contributed by atoms with Gasteiger partial charge in [0, 0.05) is 12.1 Å². The third kappa shape index (κ3) is 6.29. The lowest BCUT2D eigenvalue weighted by Crippen LogP contribution is -2.32. The SMILES string of the molecule is COc1ccc(CNCCCC(C)(C)N)cc1. The summed E-state index contributed by atoms with van der Waals surface area (Å²) in [6, 6.07) is 8.14. The zero-order valence-electron chi connectivity index (χ0n) is 11.1. The van der Waals surface area contributed by atoms with Gasteiger partial charge in [-0.15, -0.1) is 0 Å². The molecule has 0 fully saturated rings. The van der Waals surface area contributed by atoms with Gasteiger partial charge >= 0.3 is 0 Å². The van der Waals surface area contributed by atoms with Crippen molar-refractivity contribution in [3.05, 3.63) is 29.8 Å². The molecule has 3 heteroatoms. The second-order valence-corrected chi connectivity index (χ2v) is 5.12. The van der Waals surface area contributed by atoms with Gasteiger partial charge in [-0.05, 0) is 50.9 Å². The Kier molecular flexibility index (Phi) is 5.45. The second-order valence-electron chi connectivity index (χ2n) is 5.12. The molecule has 0 aliphatic heterocycles. The third-order valence-electron chi connectivity index (χ3n) is 2.66. The van der Waals surface area contributed by atoms with E-state index in [2.05, 4.69) is 31.3 Å². The zero-order chi connectivity index (χ0) is 12.7. The van der Waals surface area contributed by atoms with Gasteiger partial charge in [-0.3, -0.25) is 0 Å². The highest BCUT2D eigenvalue weighted by Gasteiger charge is 2.08. The van der Waals surface area contributed by atoms with E-state index in [9.17, 15) is 0 Å². The molecule has 0 atom stereocenters. The summed E-state index contributed by atoms with van der Waals surface area (Å²) in [6.45, 7) is 6.04. The van der Waals surface area contributed by atoms with Crippen molar-refractivity contribution in [1.29, 1.82) is 0 Å². The molecule has 0 saturated carbocycles. The van der Waals surface area contributed by atoms with Crippen LogP contribution in [0.2, 0.25) is 0 Å². The van der Waals surface area contributed by atoms with Crippen LogP contribution in [0.1, 0.15) is 32.3 Å². The van der Waals surface area contributed by atoms with Crippen LogP contribution < -0.4 is 15.8 Å². The molecule has 0 amide bonds. The van der Waals surface area contributed by atoms with Crippen molar-refractivity contribution in [2.24, 2.45) is 5.73 Å². The summed E-state index contributed by atoms with van der Waals surface area (Å²) in [5.41, 5.74) is 7.14. The third-order valence-corrected chi connectivity index (χ3v) is 2.66. The predicted molar refractivity (Wildman–Crippen MR) is 72.2 cm³/mol. The fourth-order valence-electron chi connectivity index (χ4n) is 1.65. The van der Waals surface area contributed by atoms with E-state index in [0.29, 0.717) is 0 Å². The minimum absolute atomic E-state index is 0.0538. The maximum absolute atomic E-state index is 5.92. The predicted octanol–water partition coefficient (Wildman–Crippen LogP) is 2.30. The van der Waals surface area contributed by atoms with Gasteiger partial charge in [0.1, 0.15) is 5.75 Å². The molecule has 3 N–H and O–H groups in total. The molecule has 0 aliphatic rings. The first-order chi connectivity index (χ1) is 8.01. The van der Waals surface area contributed by atoms with Crippen molar-refractivity contribution in [3.63, 3.8) is 0 Å². The maximum Gasteiger partial charge on any atom is 0.118 e. The lowest BCUT2D eigenvalue weighted by Gasteiger charge is -2.18. The van der Waals surface area contributed by atoms with Gasteiger partial charge in [-0.25, -0.2) is 0 Å². The van der Waals surface area contributed by atoms with Gasteiger partial charge in [0.2, 0.25) is 0 Å². The monoisotopic (exact) mass is 236 g/mol. The number of nitrogens with two attached hydrogens (primary N) is 1. The van der Waals surface area contributed by atoms with Crippen LogP contribution in [0, 0.1) is 0 Å². The molecule has 17 heavy (non-hydrogen) atoms. The van der Waals surface area contributed by atoms with Crippen molar-refractivity contribution in [2.45, 2.75) is 38.8 Å². The van der Waals surface area contributed by atoms with Crippen LogP contribution in [0.15, 0.2) is 24.3 Å². The number of hydrogen-bond donors (Lipinski definition) is 2. The first-order valence-corrected chi connectivity index (χ1v) is 6.14. The smallest absolute Gasteiger partial charge is 0.118 e. The molecule has 3 nitrogen and oxygen atoms in total. The van der Waals surface area contributed by atoms with Gasteiger partial charge in [0.25, 0.3) is 0 Å². The van der Waals surface area contributed by atoms with Crippen molar-refractivity contribution in [3.8, 4) is 5.75 Å². The van der Waals surface area contributed by atoms with Crippen molar-refractivity contribution in [1.82, 2.24) is 5.32 Å². The molecule has 0 bridgehead atoms. The normalized spacial score (nSPS) is 11.5. The molecule has 0 spiro atoms. The fraction of sp³-hybridized carbons (Fsp3) is 0.571. The highest BCUT2D eigenvalue weighted by atomic mass is 16.5. The molecule has 1 aromatic carbocycles. The topological polar surface area (TPSA) is 47.3 Å². The highest BCUT2D eigenvalue weighted by Crippen LogP contribution is 2.11. The van der Waals surface area contributed by atoms with E-state index in [1.54, 1.807) is 7.11 Å². The van der Waals surface area contributed by atoms with Gasteiger partial charge in [0.05, 0.1) is 7.11 Å². The summed E-state index contributed by atoms with van der Waals surface area (Å²) in [4.78, 5) is 0. The maximum atomic E-state index is 5.92. The van der Waals surface area contributed by atoms with E-state index in [4.69, 9.17) is 10.5 Å². The summed E-state index contributed by atoms with van der Waals surface area (Å²) in [5, 5.41) is 3.42. The number of benzene rings is 1. The van der Waals surface area contributed by atoms with Gasteiger partial charge in [-0.1, -0.05) is 12.1 Å². The number of methoxy groups -OCH3 is 1. The van der Waals surface area contributed by atoms with Crippen molar-refractivity contribution in [2.75, 3.05) is 13.7 Å². The van der Waals surface area contributed by atoms with E-state index in [1.807, 2.05) is 12.1 Å². The Hall–Kier alpha value is -1.06. The van der Waals surface area contributed by atoms with Gasteiger partial charge in [-0.2, -0.15) is 0 Å². The van der Waals surface area contributed by atoms with E-state index in [0.717, 1.165) is 31.7 Å². The summed E-state index contributed by atoms with van der Waals surface area (Å²) in [7, 11) is 1.68. The van der Waals surface area contributed by atoms with E-state index in [1.165, 1.54) is 5.56 Å². The average molecular weight is 236 g/mol. The van der Waals surface area contributed by atoms with E-state index < -0.39 is 0 Å². The lowest BCUT2D eigenvalue weighted by molar-refractivity contribution is 0.414. The highest BCUT2D eigenvalue weighted by molar-refractivity contribution is 5.26. The minimum Gasteiger partial charge on any atom is -0.497 e. The summed E-state index contributed by atoms with van der Waals surface area (Å²) in [6.07, 6.45) is 2.16. The summed E-state index contributed by atoms with van der Waals surface area (Å²) in [5.74, 6) is 0.902. The molecule has 1 rings (SSSR count). The van der Waals surface area contributed by atoms with Crippen LogP contribution in [0.3, 0.4) is 0 Å². The Morgan fingerprint density at radius 3 is 2.41 bits per heavy atom. The standard InChI is InChI=1S/C14H24N2O/c1-14(2,15)9-4-10-16-11-12-5-7-13(17-3)8-6-12/h5-8,16H,4,9-11,15H2,1-3H3. The Labute approximate surface area is 104 Å². The van der Waals surface area contributed by atoms with Crippen molar-refractivity contribution < 1.29 is 4.74 Å². The van der Waals surface area contributed by atoms with E-state index in [-0.39, 0.29) is 5.54 Å². The van der Waals surface area contributed by atoms with Crippen molar-refractivity contribution >= 4 is 0 Å². The zero-order valence-corrected chi connectivity index (χ0v) is 11.1. The molecular weight excluding hydrogens is 212 g/mol. The van der Waals surface area contributed by atoms with Gasteiger partial charge in [0.15, 0.2) is 0 Å². The number of rotatable bonds is 7. The molecule has 0 unspecified atom stereocenters. The first-order valence-electron chi connectivity index (χ1n) is 6.14. The summed E-state index contributed by atoms with van der Waals surface area (Å²) < 4.78 is 5.12. The number of hydrogen-bond acceptors (Lipinski definition) is 3. The quantitative estimate of drug-likeness (QED) is 0.714. The molecule has 0 aliphatic carbocycles. The average Bonchev–Trinajstić information content (AvgIpc) is 2.28. The van der Waals surface area contributed by atoms with Crippen LogP contribution in [-0.4, -0.2) is 19.2 Å². The Bertz CT molecular complexity index is 314. The Balaban J connectivity index is 2.18. The van der Waals surface area contributed by atoms with Crippen LogP contribution in [0.4, 0.5) is 0 Å². The molecule has 0 heterocycles. The van der Waals surface area contributed by atoms with Crippen LogP contribution >= 0.6 is 0 Å². The number of nitrogens with one attached hydrogen (secondary N) is 1. The molecular formula is C14H24N2O. The lowest BCUT2D eigenvalue weighted by atomic mass is 10.0. The fourth-order valence-corrected chi connectivity index (χ4v) is 1.65. The first kappa shape index (κ1) is 14.0. The Morgan fingerprint density at radius 2 is 1.88 bits per heavy atom. The largest absolute Gasteiger partial charge is 0.497 e. The van der Waals surface area contributed by atoms with Crippen LogP contribution in [-0.2, 0) is 6.54 Å². The van der Waals surface area contributed by atoms with Gasteiger partial charge < -0.3 is 15.8 Å². The second kappa shape index (κ2) is 6.62. The number of ether oxygens (including phenoxy) is 1. The van der Waals surface area contributed by atoms with Crippen LogP contribution in [0.5, 0.6) is 5.75 Å². The van der Waals surface area contributed by atoms with E-state index >= 15 is 0 Å². The van der Waals surface area contributed by atoms with Crippen LogP contribution in [0.25, 0.3) is 0 Å². The Morgan fingerprint density at radius 1 is 1.24 bits per heavy atom. The summed E-state index contributed by atoms with van der Waals surface area (Å²) >= 11 is 0. The molecule has 1 aromatic rings. The molecule has 96 valence electrons. The molecule has 0 aromatic heterocycles. The molecule has 0 saturated heterocycles.